The number of ether oxygens (including phenoxy) is 1. The van der Waals surface area contributed by atoms with Gasteiger partial charge in [-0.3, -0.25) is 4.79 Å². The quantitative estimate of drug-likeness (QED) is 0.418. The molecule has 0 saturated carbocycles. The van der Waals surface area contributed by atoms with Crippen LogP contribution in [-0.2, 0) is 16.0 Å². The molecule has 0 spiro atoms. The fraction of sp³-hybridized carbons (Fsp3) is 0.381. The Hall–Kier alpha value is -1.99. The van der Waals surface area contributed by atoms with E-state index in [0.717, 1.165) is 11.1 Å². The molecule has 0 aromatic heterocycles. The van der Waals surface area contributed by atoms with Crippen molar-refractivity contribution < 1.29 is 19.7 Å². The third-order valence-electron chi connectivity index (χ3n) is 4.43. The van der Waals surface area contributed by atoms with Crippen LogP contribution in [0.3, 0.4) is 0 Å². The van der Waals surface area contributed by atoms with E-state index in [1.165, 1.54) is 0 Å². The molecular formula is C21H26Cl2N2O4. The van der Waals surface area contributed by atoms with Crippen molar-refractivity contribution in [2.75, 3.05) is 25.0 Å². The van der Waals surface area contributed by atoms with Crippen molar-refractivity contribution in [3.8, 4) is 5.75 Å². The summed E-state index contributed by atoms with van der Waals surface area (Å²) in [6.45, 7) is 4.55. The molecule has 0 amide bonds. The van der Waals surface area contributed by atoms with E-state index in [-0.39, 0.29) is 24.3 Å². The molecule has 0 radical (unpaired) electrons. The van der Waals surface area contributed by atoms with Crippen LogP contribution in [0.15, 0.2) is 36.4 Å². The summed E-state index contributed by atoms with van der Waals surface area (Å²) in [6, 6.07) is 9.73. The molecule has 0 aliphatic rings. The number of aliphatic hydroxyl groups excluding tert-OH is 1. The van der Waals surface area contributed by atoms with Crippen LogP contribution in [0, 0.1) is 0 Å². The number of hydrogen-bond acceptors (Lipinski definition) is 6. The van der Waals surface area contributed by atoms with Crippen molar-refractivity contribution in [1.82, 2.24) is 5.32 Å². The van der Waals surface area contributed by atoms with E-state index in [2.05, 4.69) is 10.6 Å². The molecule has 0 aliphatic carbocycles. The van der Waals surface area contributed by atoms with E-state index >= 15 is 0 Å². The molecule has 0 heterocycles. The van der Waals surface area contributed by atoms with Gasteiger partial charge in [-0.1, -0.05) is 35.3 Å². The summed E-state index contributed by atoms with van der Waals surface area (Å²) >= 11 is 12.6. The number of halogens is 2. The van der Waals surface area contributed by atoms with E-state index in [4.69, 9.17) is 27.9 Å². The lowest BCUT2D eigenvalue weighted by Crippen LogP contribution is -2.33. The average molecular weight is 441 g/mol. The van der Waals surface area contributed by atoms with E-state index in [1.807, 2.05) is 6.92 Å². The molecule has 6 nitrogen and oxygen atoms in total. The van der Waals surface area contributed by atoms with Gasteiger partial charge < -0.3 is 25.6 Å². The van der Waals surface area contributed by atoms with Gasteiger partial charge in [-0.25, -0.2) is 0 Å². The maximum absolute atomic E-state index is 11.5. The zero-order valence-corrected chi connectivity index (χ0v) is 17.9. The Morgan fingerprint density at radius 3 is 2.52 bits per heavy atom. The lowest BCUT2D eigenvalue weighted by molar-refractivity contribution is -0.140. The molecule has 2 aromatic carbocycles. The molecule has 158 valence electrons. The topological polar surface area (TPSA) is 90.8 Å². The first-order chi connectivity index (χ1) is 13.8. The Labute approximate surface area is 180 Å². The summed E-state index contributed by atoms with van der Waals surface area (Å²) in [6.07, 6.45) is -0.0901. The van der Waals surface area contributed by atoms with Gasteiger partial charge >= 0.3 is 5.97 Å². The summed E-state index contributed by atoms with van der Waals surface area (Å²) < 4.78 is 4.87. The van der Waals surface area contributed by atoms with Crippen molar-refractivity contribution in [3.63, 3.8) is 0 Å². The Bertz CT molecular complexity index is 815. The molecule has 0 saturated heterocycles. The van der Waals surface area contributed by atoms with Gasteiger partial charge in [-0.15, -0.1) is 0 Å². The normalized spacial score (nSPS) is 13.0. The lowest BCUT2D eigenvalue weighted by atomic mass is 10.0. The standard InChI is InChI=1S/C21H26Cl2N2O4/c1-3-29-20(27)12-25-19-11-17(22)15(10-18(19)23)8-9-24-13(2)21(28)14-4-6-16(26)7-5-14/h4-7,10-11,13,21,24-26,28H,3,8-9,12H2,1-2H3/t13-,21+/m0/s1. The molecule has 8 heteroatoms. The van der Waals surface area contributed by atoms with E-state index in [1.54, 1.807) is 43.3 Å². The van der Waals surface area contributed by atoms with Gasteiger partial charge in [-0.05, 0) is 62.2 Å². The number of aromatic hydroxyl groups is 1. The summed E-state index contributed by atoms with van der Waals surface area (Å²) in [5.74, 6) is -0.206. The highest BCUT2D eigenvalue weighted by molar-refractivity contribution is 6.35. The molecule has 0 unspecified atom stereocenters. The third kappa shape index (κ3) is 7.08. The maximum atomic E-state index is 11.5. The first-order valence-electron chi connectivity index (χ1n) is 9.39. The van der Waals surface area contributed by atoms with Gasteiger partial charge in [0.05, 0.1) is 23.4 Å². The highest BCUT2D eigenvalue weighted by Gasteiger charge is 2.16. The van der Waals surface area contributed by atoms with Crippen LogP contribution >= 0.6 is 23.2 Å². The first-order valence-corrected chi connectivity index (χ1v) is 10.1. The van der Waals surface area contributed by atoms with Crippen molar-refractivity contribution in [2.24, 2.45) is 0 Å². The Kier molecular flexibility index (Phi) is 9.04. The molecule has 0 fully saturated rings. The predicted octanol–water partition coefficient (Wildman–Crippen LogP) is 3.93. The minimum atomic E-state index is -0.705. The van der Waals surface area contributed by atoms with Gasteiger partial charge in [0.1, 0.15) is 12.3 Å². The second kappa shape index (κ2) is 11.3. The van der Waals surface area contributed by atoms with E-state index < -0.39 is 6.10 Å². The molecule has 0 aliphatic heterocycles. The van der Waals surface area contributed by atoms with Gasteiger partial charge in [-0.2, -0.15) is 0 Å². The minimum Gasteiger partial charge on any atom is -0.508 e. The Morgan fingerprint density at radius 2 is 1.86 bits per heavy atom. The van der Waals surface area contributed by atoms with Crippen LogP contribution in [0.2, 0.25) is 10.0 Å². The molecule has 2 atom stereocenters. The van der Waals surface area contributed by atoms with Crippen LogP contribution in [0.1, 0.15) is 31.1 Å². The number of phenols is 1. The largest absolute Gasteiger partial charge is 0.508 e. The maximum Gasteiger partial charge on any atom is 0.325 e. The highest BCUT2D eigenvalue weighted by Crippen LogP contribution is 2.29. The Balaban J connectivity index is 1.89. The first kappa shape index (κ1) is 23.3. The second-order valence-electron chi connectivity index (χ2n) is 6.61. The minimum absolute atomic E-state index is 0.0114. The molecule has 0 bridgehead atoms. The number of hydrogen-bond donors (Lipinski definition) is 4. The van der Waals surface area contributed by atoms with Crippen molar-refractivity contribution in [2.45, 2.75) is 32.4 Å². The monoisotopic (exact) mass is 440 g/mol. The number of anilines is 1. The number of carbonyl (C=O) groups excluding carboxylic acids is 1. The van der Waals surface area contributed by atoms with Crippen molar-refractivity contribution in [3.05, 3.63) is 57.6 Å². The van der Waals surface area contributed by atoms with Gasteiger partial charge in [0, 0.05) is 11.1 Å². The van der Waals surface area contributed by atoms with Crippen LogP contribution in [0.25, 0.3) is 0 Å². The summed E-state index contributed by atoms with van der Waals surface area (Å²) in [5, 5.41) is 27.0. The second-order valence-corrected chi connectivity index (χ2v) is 7.43. The molecular weight excluding hydrogens is 415 g/mol. The number of benzene rings is 2. The van der Waals surface area contributed by atoms with Gasteiger partial charge in [0.2, 0.25) is 0 Å². The predicted molar refractivity (Wildman–Crippen MR) is 116 cm³/mol. The van der Waals surface area contributed by atoms with E-state index in [0.29, 0.717) is 35.3 Å². The van der Waals surface area contributed by atoms with Gasteiger partial charge in [0.15, 0.2) is 0 Å². The number of rotatable bonds is 10. The van der Waals surface area contributed by atoms with Crippen molar-refractivity contribution >= 4 is 34.9 Å². The number of nitrogens with one attached hydrogen (secondary N) is 2. The van der Waals surface area contributed by atoms with Crippen molar-refractivity contribution in [1.29, 1.82) is 0 Å². The van der Waals surface area contributed by atoms with Crippen LogP contribution in [-0.4, -0.2) is 41.9 Å². The Morgan fingerprint density at radius 1 is 1.17 bits per heavy atom. The fourth-order valence-corrected chi connectivity index (χ4v) is 3.31. The lowest BCUT2D eigenvalue weighted by Gasteiger charge is -2.21. The van der Waals surface area contributed by atoms with Crippen LogP contribution in [0.4, 0.5) is 5.69 Å². The van der Waals surface area contributed by atoms with Crippen LogP contribution in [0.5, 0.6) is 5.75 Å². The number of esters is 1. The summed E-state index contributed by atoms with van der Waals surface area (Å²) in [4.78, 5) is 11.5. The summed E-state index contributed by atoms with van der Waals surface area (Å²) in [7, 11) is 0. The SMILES string of the molecule is CCOC(=O)CNc1cc(Cl)c(CCN[C@@H](C)[C@@H](O)c2ccc(O)cc2)cc1Cl. The van der Waals surface area contributed by atoms with Crippen LogP contribution < -0.4 is 10.6 Å². The zero-order valence-electron chi connectivity index (χ0n) is 16.4. The molecule has 29 heavy (non-hydrogen) atoms. The van der Waals surface area contributed by atoms with E-state index in [9.17, 15) is 15.0 Å². The third-order valence-corrected chi connectivity index (χ3v) is 5.10. The average Bonchev–Trinajstić information content (AvgIpc) is 2.69. The molecule has 2 aromatic rings. The number of carbonyl (C=O) groups is 1. The van der Waals surface area contributed by atoms with Gasteiger partial charge in [0.25, 0.3) is 0 Å². The summed E-state index contributed by atoms with van der Waals surface area (Å²) in [5.41, 5.74) is 2.15. The smallest absolute Gasteiger partial charge is 0.325 e. The number of aliphatic hydroxyl groups is 1. The number of phenolic OH excluding ortho intramolecular Hbond substituents is 1. The fourth-order valence-electron chi connectivity index (χ4n) is 2.80. The molecule has 4 N–H and O–H groups in total. The highest BCUT2D eigenvalue weighted by atomic mass is 35.5. The zero-order chi connectivity index (χ0) is 21.4. The molecule has 2 rings (SSSR count).